The van der Waals surface area contributed by atoms with Crippen molar-refractivity contribution in [2.75, 3.05) is 11.9 Å². The molecule has 1 unspecified atom stereocenters. The summed E-state index contributed by atoms with van der Waals surface area (Å²) < 4.78 is 0. The van der Waals surface area contributed by atoms with Crippen molar-refractivity contribution < 1.29 is 4.79 Å². The van der Waals surface area contributed by atoms with Crippen LogP contribution in [0.25, 0.3) is 0 Å². The fourth-order valence-corrected chi connectivity index (χ4v) is 2.19. The minimum absolute atomic E-state index is 0.0523. The summed E-state index contributed by atoms with van der Waals surface area (Å²) in [4.78, 5) is 12.3. The summed E-state index contributed by atoms with van der Waals surface area (Å²) in [5.41, 5.74) is 0. The van der Waals surface area contributed by atoms with E-state index in [0.29, 0.717) is 5.92 Å². The Balaban J connectivity index is 2.13. The third-order valence-corrected chi connectivity index (χ3v) is 4.14. The van der Waals surface area contributed by atoms with Crippen molar-refractivity contribution in [3.8, 4) is 0 Å². The van der Waals surface area contributed by atoms with E-state index in [-0.39, 0.29) is 5.91 Å². The molecule has 0 bridgehead atoms. The third-order valence-electron chi connectivity index (χ3n) is 2.17. The largest absolute Gasteiger partial charge is 0.351 e. The molecular formula is C11H16BrNOS. The van der Waals surface area contributed by atoms with Crippen LogP contribution in [0.15, 0.2) is 17.5 Å². The van der Waals surface area contributed by atoms with Gasteiger partial charge in [0.15, 0.2) is 0 Å². The van der Waals surface area contributed by atoms with Gasteiger partial charge in [0.1, 0.15) is 0 Å². The Hall–Kier alpha value is -0.350. The molecule has 84 valence electrons. The highest BCUT2D eigenvalue weighted by Gasteiger charge is 2.05. The maximum absolute atomic E-state index is 11.5. The lowest BCUT2D eigenvalue weighted by Crippen LogP contribution is -2.23. The first-order chi connectivity index (χ1) is 7.24. The Kier molecular flexibility index (Phi) is 5.95. The van der Waals surface area contributed by atoms with Crippen LogP contribution >= 0.6 is 27.3 Å². The van der Waals surface area contributed by atoms with Crippen molar-refractivity contribution in [1.29, 1.82) is 0 Å². The van der Waals surface area contributed by atoms with E-state index in [2.05, 4.69) is 28.2 Å². The van der Waals surface area contributed by atoms with Gasteiger partial charge in [0, 0.05) is 11.9 Å². The summed E-state index contributed by atoms with van der Waals surface area (Å²) in [6.07, 6.45) is 2.19. The molecule has 1 N–H and O–H groups in total. The molecule has 2 nitrogen and oxygen atoms in total. The number of carbonyl (C=O) groups is 1. The SMILES string of the molecule is CC(CBr)CCCNC(=O)c1cccs1. The molecule has 1 aromatic heterocycles. The zero-order chi connectivity index (χ0) is 11.1. The number of hydrogen-bond donors (Lipinski definition) is 1. The number of nitrogens with one attached hydrogen (secondary N) is 1. The summed E-state index contributed by atoms with van der Waals surface area (Å²) >= 11 is 4.92. The normalized spacial score (nSPS) is 12.4. The van der Waals surface area contributed by atoms with Gasteiger partial charge in [-0.1, -0.05) is 28.9 Å². The average molecular weight is 290 g/mol. The monoisotopic (exact) mass is 289 g/mol. The molecule has 0 radical (unpaired) electrons. The van der Waals surface area contributed by atoms with Gasteiger partial charge in [-0.2, -0.15) is 0 Å². The van der Waals surface area contributed by atoms with Gasteiger partial charge in [-0.25, -0.2) is 0 Å². The van der Waals surface area contributed by atoms with E-state index >= 15 is 0 Å². The Morgan fingerprint density at radius 2 is 2.47 bits per heavy atom. The van der Waals surface area contributed by atoms with Gasteiger partial charge in [-0.15, -0.1) is 11.3 Å². The van der Waals surface area contributed by atoms with Crippen molar-refractivity contribution in [2.24, 2.45) is 5.92 Å². The predicted molar refractivity (Wildman–Crippen MR) is 68.8 cm³/mol. The molecule has 1 amide bonds. The number of thiophene rings is 1. The minimum atomic E-state index is 0.0523. The number of alkyl halides is 1. The topological polar surface area (TPSA) is 29.1 Å². The molecule has 0 aromatic carbocycles. The number of carbonyl (C=O) groups excluding carboxylic acids is 1. The quantitative estimate of drug-likeness (QED) is 0.632. The van der Waals surface area contributed by atoms with Gasteiger partial charge in [0.2, 0.25) is 0 Å². The van der Waals surface area contributed by atoms with Gasteiger partial charge in [0.05, 0.1) is 4.88 Å². The Morgan fingerprint density at radius 1 is 1.67 bits per heavy atom. The lowest BCUT2D eigenvalue weighted by molar-refractivity contribution is 0.0956. The van der Waals surface area contributed by atoms with Gasteiger partial charge in [-0.3, -0.25) is 4.79 Å². The van der Waals surface area contributed by atoms with E-state index in [1.165, 1.54) is 11.3 Å². The van der Waals surface area contributed by atoms with E-state index < -0.39 is 0 Å². The lowest BCUT2D eigenvalue weighted by Gasteiger charge is -2.07. The van der Waals surface area contributed by atoms with Crippen LogP contribution in [0, 0.1) is 5.92 Å². The molecule has 1 heterocycles. The van der Waals surface area contributed by atoms with Gasteiger partial charge in [-0.05, 0) is 30.2 Å². The van der Waals surface area contributed by atoms with Crippen molar-refractivity contribution in [2.45, 2.75) is 19.8 Å². The van der Waals surface area contributed by atoms with Gasteiger partial charge in [0.25, 0.3) is 5.91 Å². The smallest absolute Gasteiger partial charge is 0.261 e. The summed E-state index contributed by atoms with van der Waals surface area (Å²) in [5, 5.41) is 5.87. The van der Waals surface area contributed by atoms with Crippen LogP contribution in [-0.4, -0.2) is 17.8 Å². The molecule has 4 heteroatoms. The second-order valence-electron chi connectivity index (χ2n) is 3.63. The maximum atomic E-state index is 11.5. The van der Waals surface area contributed by atoms with Crippen LogP contribution in [-0.2, 0) is 0 Å². The fourth-order valence-electron chi connectivity index (χ4n) is 1.22. The summed E-state index contributed by atoms with van der Waals surface area (Å²) in [6.45, 7) is 2.98. The molecule has 0 aliphatic rings. The van der Waals surface area contributed by atoms with E-state index in [4.69, 9.17) is 0 Å². The number of amides is 1. The Labute approximate surface area is 103 Å². The van der Waals surface area contributed by atoms with Crippen LogP contribution in [0.4, 0.5) is 0 Å². The minimum Gasteiger partial charge on any atom is -0.351 e. The molecule has 0 saturated heterocycles. The maximum Gasteiger partial charge on any atom is 0.261 e. The number of halogens is 1. The van der Waals surface area contributed by atoms with Crippen molar-refractivity contribution in [3.05, 3.63) is 22.4 Å². The second-order valence-corrected chi connectivity index (χ2v) is 5.23. The van der Waals surface area contributed by atoms with Gasteiger partial charge >= 0.3 is 0 Å². The molecular weight excluding hydrogens is 274 g/mol. The summed E-state index contributed by atoms with van der Waals surface area (Å²) in [5.74, 6) is 0.736. The highest BCUT2D eigenvalue weighted by atomic mass is 79.9. The third kappa shape index (κ3) is 4.80. The molecule has 0 aliphatic carbocycles. The van der Waals surface area contributed by atoms with E-state index in [0.717, 1.165) is 29.6 Å². The lowest BCUT2D eigenvalue weighted by atomic mass is 10.1. The standard InChI is InChI=1S/C11H16BrNOS/c1-9(8-12)4-2-6-13-11(14)10-5-3-7-15-10/h3,5,7,9H,2,4,6,8H2,1H3,(H,13,14). The molecule has 1 atom stereocenters. The second kappa shape index (κ2) is 7.01. The molecule has 0 fully saturated rings. The fraction of sp³-hybridized carbons (Fsp3) is 0.545. The molecule has 15 heavy (non-hydrogen) atoms. The zero-order valence-corrected chi connectivity index (χ0v) is 11.2. The Bertz CT molecular complexity index is 287. The van der Waals surface area contributed by atoms with Crippen LogP contribution in [0.3, 0.4) is 0 Å². The van der Waals surface area contributed by atoms with Crippen LogP contribution in [0.5, 0.6) is 0 Å². The highest BCUT2D eigenvalue weighted by Crippen LogP contribution is 2.09. The van der Waals surface area contributed by atoms with Crippen molar-refractivity contribution in [1.82, 2.24) is 5.32 Å². The highest BCUT2D eigenvalue weighted by molar-refractivity contribution is 9.09. The molecule has 1 rings (SSSR count). The molecule has 0 spiro atoms. The number of hydrogen-bond acceptors (Lipinski definition) is 2. The zero-order valence-electron chi connectivity index (χ0n) is 8.83. The van der Waals surface area contributed by atoms with E-state index in [1.54, 1.807) is 0 Å². The molecule has 0 saturated carbocycles. The first-order valence-corrected chi connectivity index (χ1v) is 7.12. The summed E-state index contributed by atoms with van der Waals surface area (Å²) in [6, 6.07) is 3.74. The Morgan fingerprint density at radius 3 is 3.07 bits per heavy atom. The van der Waals surface area contributed by atoms with Crippen molar-refractivity contribution >= 4 is 33.2 Å². The van der Waals surface area contributed by atoms with Crippen LogP contribution < -0.4 is 5.32 Å². The first kappa shape index (κ1) is 12.7. The average Bonchev–Trinajstić information content (AvgIpc) is 2.77. The van der Waals surface area contributed by atoms with Gasteiger partial charge < -0.3 is 5.32 Å². The summed E-state index contributed by atoms with van der Waals surface area (Å²) in [7, 11) is 0. The van der Waals surface area contributed by atoms with E-state index in [1.807, 2.05) is 17.5 Å². The first-order valence-electron chi connectivity index (χ1n) is 5.11. The van der Waals surface area contributed by atoms with E-state index in [9.17, 15) is 4.79 Å². The number of rotatable bonds is 6. The molecule has 0 aliphatic heterocycles. The predicted octanol–water partition coefficient (Wildman–Crippen LogP) is 3.29. The van der Waals surface area contributed by atoms with Crippen LogP contribution in [0.2, 0.25) is 0 Å². The van der Waals surface area contributed by atoms with Crippen LogP contribution in [0.1, 0.15) is 29.4 Å². The molecule has 1 aromatic rings. The van der Waals surface area contributed by atoms with Crippen molar-refractivity contribution in [3.63, 3.8) is 0 Å².